The van der Waals surface area contributed by atoms with E-state index in [1.807, 2.05) is 0 Å². The van der Waals surface area contributed by atoms with Crippen molar-refractivity contribution in [1.82, 2.24) is 9.36 Å². The van der Waals surface area contributed by atoms with E-state index in [2.05, 4.69) is 14.7 Å². The van der Waals surface area contributed by atoms with Crippen LogP contribution in [0.3, 0.4) is 0 Å². The second-order valence-corrected chi connectivity index (χ2v) is 10.6. The highest BCUT2D eigenvalue weighted by Gasteiger charge is 2.30. The van der Waals surface area contributed by atoms with Gasteiger partial charge in [0, 0.05) is 34.7 Å². The number of sulfonamides is 1. The second kappa shape index (κ2) is 9.88. The number of hydrogen-bond acceptors (Lipinski definition) is 6. The number of aromatic nitrogens is 2. The summed E-state index contributed by atoms with van der Waals surface area (Å²) in [5.74, 6) is -0.490. The summed E-state index contributed by atoms with van der Waals surface area (Å²) in [6.45, 7) is 0. The van der Waals surface area contributed by atoms with Crippen molar-refractivity contribution in [2.45, 2.75) is 11.1 Å². The Morgan fingerprint density at radius 1 is 1.03 bits per heavy atom. The summed E-state index contributed by atoms with van der Waals surface area (Å²) in [6.07, 6.45) is -4.46. The van der Waals surface area contributed by atoms with E-state index in [-0.39, 0.29) is 21.4 Å². The van der Waals surface area contributed by atoms with Gasteiger partial charge in [-0.2, -0.15) is 22.5 Å². The van der Waals surface area contributed by atoms with Crippen molar-refractivity contribution < 1.29 is 26.4 Å². The van der Waals surface area contributed by atoms with Crippen LogP contribution in [-0.2, 0) is 16.2 Å². The van der Waals surface area contributed by atoms with Gasteiger partial charge in [0.15, 0.2) is 5.82 Å². The van der Waals surface area contributed by atoms with Crippen LogP contribution in [0, 0.1) is 0 Å². The fourth-order valence-electron chi connectivity index (χ4n) is 3.14. The Labute approximate surface area is 213 Å². The Morgan fingerprint density at radius 3 is 2.39 bits per heavy atom. The smallest absolute Gasteiger partial charge is 0.297 e. The van der Waals surface area contributed by atoms with Gasteiger partial charge in [-0.3, -0.25) is 14.4 Å². The second-order valence-electron chi connectivity index (χ2n) is 7.43. The molecule has 0 spiro atoms. The summed E-state index contributed by atoms with van der Waals surface area (Å²) in [4.78, 5) is 16.8. The van der Waals surface area contributed by atoms with Gasteiger partial charge in [0.1, 0.15) is 0 Å². The maximum Gasteiger partial charge on any atom is 0.416 e. The number of carbonyl (C=O) groups is 1. The normalized spacial score (nSPS) is 11.8. The first-order chi connectivity index (χ1) is 16.9. The molecule has 4 rings (SSSR count). The average molecular weight is 553 g/mol. The van der Waals surface area contributed by atoms with Crippen LogP contribution < -0.4 is 9.62 Å². The molecule has 0 saturated heterocycles. The van der Waals surface area contributed by atoms with Crippen LogP contribution in [0.2, 0.25) is 5.02 Å². The molecule has 7 nitrogen and oxygen atoms in total. The summed E-state index contributed by atoms with van der Waals surface area (Å²) < 4.78 is 69.6. The molecule has 0 radical (unpaired) electrons. The lowest BCUT2D eigenvalue weighted by Gasteiger charge is -2.20. The van der Waals surface area contributed by atoms with E-state index in [0.29, 0.717) is 16.3 Å². The van der Waals surface area contributed by atoms with E-state index >= 15 is 0 Å². The Kier molecular flexibility index (Phi) is 7.03. The average Bonchev–Trinajstić information content (AvgIpc) is 3.31. The van der Waals surface area contributed by atoms with E-state index in [0.717, 1.165) is 28.0 Å². The number of carbonyl (C=O) groups excluding carboxylic acids is 1. The lowest BCUT2D eigenvalue weighted by molar-refractivity contribution is -0.137. The highest BCUT2D eigenvalue weighted by Crippen LogP contribution is 2.31. The van der Waals surface area contributed by atoms with Gasteiger partial charge in [-0.1, -0.05) is 35.9 Å². The van der Waals surface area contributed by atoms with Crippen LogP contribution in [0.15, 0.2) is 77.7 Å². The molecule has 0 aliphatic carbocycles. The molecule has 1 N–H and O–H groups in total. The number of amides is 1. The van der Waals surface area contributed by atoms with E-state index in [4.69, 9.17) is 11.6 Å². The maximum absolute atomic E-state index is 13.1. The lowest BCUT2D eigenvalue weighted by atomic mass is 10.1. The predicted octanol–water partition coefficient (Wildman–Crippen LogP) is 5.95. The quantitative estimate of drug-likeness (QED) is 0.319. The third kappa shape index (κ3) is 5.50. The molecule has 186 valence electrons. The molecule has 0 aliphatic rings. The van der Waals surface area contributed by atoms with Gasteiger partial charge in [0.2, 0.25) is 5.13 Å². The number of benzene rings is 3. The zero-order valence-electron chi connectivity index (χ0n) is 18.3. The highest BCUT2D eigenvalue weighted by atomic mass is 35.5. The van der Waals surface area contributed by atoms with Gasteiger partial charge in [0.25, 0.3) is 15.9 Å². The molecule has 1 heterocycles. The van der Waals surface area contributed by atoms with Gasteiger partial charge < -0.3 is 0 Å². The molecule has 0 saturated carbocycles. The SMILES string of the molecule is CN(c1cccc(Cl)c1)S(=O)(=O)c1cccc(C(=O)Nc2nc(-c3ccc(C(F)(F)F)cc3)ns2)c1. The van der Waals surface area contributed by atoms with Crippen LogP contribution in [-0.4, -0.2) is 30.7 Å². The molecule has 0 aliphatic heterocycles. The molecule has 0 atom stereocenters. The number of hydrogen-bond donors (Lipinski definition) is 1. The minimum atomic E-state index is -4.46. The number of halogens is 4. The van der Waals surface area contributed by atoms with Crippen LogP contribution in [0.25, 0.3) is 11.4 Å². The third-order valence-corrected chi connectivity index (χ3v) is 7.69. The van der Waals surface area contributed by atoms with Crippen LogP contribution >= 0.6 is 23.1 Å². The summed E-state index contributed by atoms with van der Waals surface area (Å²) in [7, 11) is -2.62. The van der Waals surface area contributed by atoms with Crippen molar-refractivity contribution in [2.75, 3.05) is 16.7 Å². The molecule has 1 amide bonds. The van der Waals surface area contributed by atoms with E-state index in [1.165, 1.54) is 49.5 Å². The number of rotatable bonds is 6. The predicted molar refractivity (Wildman–Crippen MR) is 132 cm³/mol. The topological polar surface area (TPSA) is 92.3 Å². The Bertz CT molecular complexity index is 1520. The first kappa shape index (κ1) is 25.6. The van der Waals surface area contributed by atoms with Gasteiger partial charge in [0.05, 0.1) is 16.1 Å². The molecular formula is C23H16ClF3N4O3S2. The summed E-state index contributed by atoms with van der Waals surface area (Å²) in [5.41, 5.74) is -0.0494. The summed E-state index contributed by atoms with van der Waals surface area (Å²) in [6, 6.07) is 16.1. The fraction of sp³-hybridized carbons (Fsp3) is 0.0870. The van der Waals surface area contributed by atoms with Crippen LogP contribution in [0.1, 0.15) is 15.9 Å². The minimum Gasteiger partial charge on any atom is -0.297 e. The molecule has 4 aromatic rings. The standard InChI is InChI=1S/C23H16ClF3N4O3S2/c1-31(18-6-3-5-17(24)13-18)36(33,34)19-7-2-4-15(12-19)21(32)29-22-28-20(30-35-22)14-8-10-16(11-9-14)23(25,26)27/h2-13H,1H3,(H,28,29,30,32). The van der Waals surface area contributed by atoms with Crippen molar-refractivity contribution in [3.8, 4) is 11.4 Å². The highest BCUT2D eigenvalue weighted by molar-refractivity contribution is 7.92. The van der Waals surface area contributed by atoms with E-state index in [1.54, 1.807) is 18.2 Å². The first-order valence-corrected chi connectivity index (χ1v) is 12.7. The van der Waals surface area contributed by atoms with Crippen molar-refractivity contribution in [1.29, 1.82) is 0 Å². The largest absolute Gasteiger partial charge is 0.416 e. The fourth-order valence-corrected chi connectivity index (χ4v) is 5.14. The van der Waals surface area contributed by atoms with Crippen molar-refractivity contribution in [3.63, 3.8) is 0 Å². The van der Waals surface area contributed by atoms with Gasteiger partial charge in [-0.05, 0) is 48.5 Å². The van der Waals surface area contributed by atoms with Gasteiger partial charge in [-0.25, -0.2) is 8.42 Å². The summed E-state index contributed by atoms with van der Waals surface area (Å²) >= 11 is 6.80. The van der Waals surface area contributed by atoms with Gasteiger partial charge in [-0.15, -0.1) is 0 Å². The lowest BCUT2D eigenvalue weighted by Crippen LogP contribution is -2.26. The Hall–Kier alpha value is -3.48. The third-order valence-electron chi connectivity index (χ3n) is 5.04. The van der Waals surface area contributed by atoms with E-state index in [9.17, 15) is 26.4 Å². The molecule has 13 heteroatoms. The maximum atomic E-state index is 13.1. The van der Waals surface area contributed by atoms with E-state index < -0.39 is 27.7 Å². The number of anilines is 2. The first-order valence-electron chi connectivity index (χ1n) is 10.1. The van der Waals surface area contributed by atoms with Gasteiger partial charge >= 0.3 is 6.18 Å². The minimum absolute atomic E-state index is 0.0573. The monoisotopic (exact) mass is 552 g/mol. The summed E-state index contributed by atoms with van der Waals surface area (Å²) in [5, 5.41) is 3.00. The van der Waals surface area contributed by atoms with Crippen molar-refractivity contribution >= 4 is 49.9 Å². The molecule has 36 heavy (non-hydrogen) atoms. The van der Waals surface area contributed by atoms with Crippen molar-refractivity contribution in [3.05, 3.63) is 88.9 Å². The molecule has 1 aromatic heterocycles. The zero-order valence-corrected chi connectivity index (χ0v) is 20.7. The zero-order chi connectivity index (χ0) is 26.1. The Morgan fingerprint density at radius 2 is 1.72 bits per heavy atom. The molecule has 3 aromatic carbocycles. The van der Waals surface area contributed by atoms with Crippen LogP contribution in [0.5, 0.6) is 0 Å². The molecule has 0 bridgehead atoms. The molecule has 0 unspecified atom stereocenters. The van der Waals surface area contributed by atoms with Crippen molar-refractivity contribution in [2.24, 2.45) is 0 Å². The molecule has 0 fully saturated rings. The van der Waals surface area contributed by atoms with Crippen LogP contribution in [0.4, 0.5) is 24.0 Å². The Balaban J connectivity index is 1.51. The number of alkyl halides is 3. The number of nitrogens with one attached hydrogen (secondary N) is 1. The molecular weight excluding hydrogens is 537 g/mol. The number of nitrogens with zero attached hydrogens (tertiary/aromatic N) is 3.